The van der Waals surface area contributed by atoms with Crippen LogP contribution < -0.4 is 14.2 Å². The first-order chi connectivity index (χ1) is 21.6. The van der Waals surface area contributed by atoms with Gasteiger partial charge in [0.1, 0.15) is 11.5 Å². The van der Waals surface area contributed by atoms with E-state index in [1.807, 2.05) is 24.3 Å². The number of aryl methyl sites for hydroxylation is 2. The zero-order valence-electron chi connectivity index (χ0n) is 26.9. The fourth-order valence-corrected chi connectivity index (χ4v) is 6.12. The lowest BCUT2D eigenvalue weighted by molar-refractivity contribution is 0.279. The molecule has 0 atom stereocenters. The number of allylic oxidation sites excluding steroid dienone is 1. The SMILES string of the molecule is C=CCCCCCOc1ccc(CCC2CCC(c3ccc(OCCCCCCOc4ccc(C)cc4)c(F)c3)CC2)cc1. The van der Waals surface area contributed by atoms with Crippen LogP contribution in [0, 0.1) is 18.7 Å². The van der Waals surface area contributed by atoms with E-state index in [1.54, 1.807) is 6.07 Å². The summed E-state index contributed by atoms with van der Waals surface area (Å²) in [6.45, 7) is 7.91. The summed E-state index contributed by atoms with van der Waals surface area (Å²) in [5.74, 6) is 3.25. The van der Waals surface area contributed by atoms with Crippen LogP contribution >= 0.6 is 0 Å². The molecule has 3 aromatic rings. The summed E-state index contributed by atoms with van der Waals surface area (Å²) in [6, 6.07) is 22.5. The van der Waals surface area contributed by atoms with Crippen molar-refractivity contribution in [3.63, 3.8) is 0 Å². The Kier molecular flexibility index (Phi) is 14.7. The van der Waals surface area contributed by atoms with E-state index in [1.165, 1.54) is 43.2 Å². The fraction of sp³-hybridized carbons (Fsp3) is 0.500. The maximum Gasteiger partial charge on any atom is 0.165 e. The van der Waals surface area contributed by atoms with Crippen LogP contribution in [-0.4, -0.2) is 19.8 Å². The number of rotatable bonds is 20. The summed E-state index contributed by atoms with van der Waals surface area (Å²) in [5, 5.41) is 0. The first kappa shape index (κ1) is 33.6. The van der Waals surface area contributed by atoms with Crippen LogP contribution in [0.15, 0.2) is 79.4 Å². The molecule has 4 heteroatoms. The molecule has 0 N–H and O–H groups in total. The molecule has 0 unspecified atom stereocenters. The summed E-state index contributed by atoms with van der Waals surface area (Å²) in [7, 11) is 0. The van der Waals surface area contributed by atoms with Crippen LogP contribution in [0.2, 0.25) is 0 Å². The van der Waals surface area contributed by atoms with E-state index in [0.29, 0.717) is 18.3 Å². The lowest BCUT2D eigenvalue weighted by atomic mass is 9.77. The zero-order valence-corrected chi connectivity index (χ0v) is 26.9. The van der Waals surface area contributed by atoms with Crippen LogP contribution in [0.5, 0.6) is 17.2 Å². The lowest BCUT2D eigenvalue weighted by Gasteiger charge is -2.29. The summed E-state index contributed by atoms with van der Waals surface area (Å²) in [5.41, 5.74) is 3.75. The topological polar surface area (TPSA) is 27.7 Å². The monoisotopic (exact) mass is 600 g/mol. The molecule has 3 nitrogen and oxygen atoms in total. The van der Waals surface area contributed by atoms with Crippen LogP contribution in [0.4, 0.5) is 4.39 Å². The highest BCUT2D eigenvalue weighted by atomic mass is 19.1. The van der Waals surface area contributed by atoms with Gasteiger partial charge in [-0.05, 0) is 156 Å². The number of ether oxygens (including phenoxy) is 3. The predicted molar refractivity (Wildman–Crippen MR) is 181 cm³/mol. The Morgan fingerprint density at radius 2 is 1.30 bits per heavy atom. The molecule has 0 saturated heterocycles. The second kappa shape index (κ2) is 19.2. The quantitative estimate of drug-likeness (QED) is 0.0954. The highest BCUT2D eigenvalue weighted by Gasteiger charge is 2.23. The maximum atomic E-state index is 14.9. The summed E-state index contributed by atoms with van der Waals surface area (Å²) < 4.78 is 32.3. The molecule has 3 aromatic carbocycles. The van der Waals surface area contributed by atoms with Crippen molar-refractivity contribution in [3.05, 3.63) is 102 Å². The molecule has 0 spiro atoms. The lowest BCUT2D eigenvalue weighted by Crippen LogP contribution is -2.14. The minimum absolute atomic E-state index is 0.226. The number of benzene rings is 3. The Morgan fingerprint density at radius 1 is 0.705 bits per heavy atom. The van der Waals surface area contributed by atoms with Gasteiger partial charge in [0.15, 0.2) is 11.6 Å². The third-order valence-electron chi connectivity index (χ3n) is 8.95. The minimum atomic E-state index is -0.226. The van der Waals surface area contributed by atoms with E-state index >= 15 is 0 Å². The molecule has 0 aromatic heterocycles. The average Bonchev–Trinajstić information content (AvgIpc) is 3.05. The summed E-state index contributed by atoms with van der Waals surface area (Å²) >= 11 is 0. The molecule has 1 saturated carbocycles. The van der Waals surface area contributed by atoms with Crippen molar-refractivity contribution in [2.75, 3.05) is 19.8 Å². The second-order valence-electron chi connectivity index (χ2n) is 12.5. The molecule has 0 aliphatic heterocycles. The van der Waals surface area contributed by atoms with Crippen LogP contribution in [0.1, 0.15) is 106 Å². The third-order valence-corrected chi connectivity index (χ3v) is 8.95. The zero-order chi connectivity index (χ0) is 30.8. The number of halogens is 1. The van der Waals surface area contributed by atoms with Gasteiger partial charge in [0.05, 0.1) is 19.8 Å². The van der Waals surface area contributed by atoms with E-state index in [9.17, 15) is 4.39 Å². The van der Waals surface area contributed by atoms with E-state index in [0.717, 1.165) is 94.0 Å². The molecule has 0 radical (unpaired) electrons. The number of hydrogen-bond acceptors (Lipinski definition) is 3. The highest BCUT2D eigenvalue weighted by Crippen LogP contribution is 2.38. The Morgan fingerprint density at radius 3 is 1.91 bits per heavy atom. The van der Waals surface area contributed by atoms with Gasteiger partial charge in [-0.1, -0.05) is 42.0 Å². The molecule has 0 heterocycles. The molecule has 1 aliphatic carbocycles. The van der Waals surface area contributed by atoms with Crippen molar-refractivity contribution in [1.29, 1.82) is 0 Å². The van der Waals surface area contributed by atoms with Gasteiger partial charge < -0.3 is 14.2 Å². The molecule has 44 heavy (non-hydrogen) atoms. The van der Waals surface area contributed by atoms with Crippen LogP contribution in [-0.2, 0) is 6.42 Å². The Balaban J connectivity index is 1.06. The molecule has 4 rings (SSSR count). The summed E-state index contributed by atoms with van der Waals surface area (Å²) in [4.78, 5) is 0. The second-order valence-corrected chi connectivity index (χ2v) is 12.5. The Labute approximate surface area is 265 Å². The predicted octanol–water partition coefficient (Wildman–Crippen LogP) is 11.2. The highest BCUT2D eigenvalue weighted by molar-refractivity contribution is 5.32. The average molecular weight is 601 g/mol. The van der Waals surface area contributed by atoms with E-state index in [4.69, 9.17) is 14.2 Å². The van der Waals surface area contributed by atoms with Gasteiger partial charge in [-0.3, -0.25) is 0 Å². The van der Waals surface area contributed by atoms with Gasteiger partial charge in [0.25, 0.3) is 0 Å². The summed E-state index contributed by atoms with van der Waals surface area (Å²) in [6.07, 6.45) is 17.7. The largest absolute Gasteiger partial charge is 0.494 e. The van der Waals surface area contributed by atoms with Gasteiger partial charge in [0.2, 0.25) is 0 Å². The molecule has 0 bridgehead atoms. The molecular weight excluding hydrogens is 547 g/mol. The molecule has 1 fully saturated rings. The van der Waals surface area contributed by atoms with E-state index in [-0.39, 0.29) is 5.82 Å². The molecular formula is C40H53FO3. The third kappa shape index (κ3) is 12.0. The van der Waals surface area contributed by atoms with Gasteiger partial charge in [-0.15, -0.1) is 6.58 Å². The first-order valence-electron chi connectivity index (χ1n) is 17.0. The smallest absolute Gasteiger partial charge is 0.165 e. The van der Waals surface area contributed by atoms with Gasteiger partial charge in [0, 0.05) is 0 Å². The normalized spacial score (nSPS) is 16.4. The van der Waals surface area contributed by atoms with Crippen molar-refractivity contribution in [2.24, 2.45) is 5.92 Å². The fourth-order valence-electron chi connectivity index (χ4n) is 6.12. The maximum absolute atomic E-state index is 14.9. The van der Waals surface area contributed by atoms with Gasteiger partial charge in [-0.25, -0.2) is 4.39 Å². The van der Waals surface area contributed by atoms with Crippen LogP contribution in [0.25, 0.3) is 0 Å². The molecule has 1 aliphatic rings. The van der Waals surface area contributed by atoms with Gasteiger partial charge in [-0.2, -0.15) is 0 Å². The van der Waals surface area contributed by atoms with Crippen molar-refractivity contribution >= 4 is 0 Å². The van der Waals surface area contributed by atoms with Crippen molar-refractivity contribution in [3.8, 4) is 17.2 Å². The minimum Gasteiger partial charge on any atom is -0.494 e. The standard InChI is InChI=1S/C40H53FO3/c1-3-4-5-6-9-28-43-38-25-18-34(19-26-38)15-14-33-16-20-35(21-17-33)36-22-27-40(39(41)31-36)44-30-11-8-7-10-29-42-37-23-12-32(2)13-24-37/h3,12-13,18-19,22-27,31,33,35H,1,4-11,14-17,20-21,28-30H2,2H3. The molecule has 0 amide bonds. The number of hydrogen-bond donors (Lipinski definition) is 0. The first-order valence-corrected chi connectivity index (χ1v) is 17.0. The van der Waals surface area contributed by atoms with E-state index in [2.05, 4.69) is 56.0 Å². The Hall–Kier alpha value is -3.27. The van der Waals surface area contributed by atoms with E-state index < -0.39 is 0 Å². The van der Waals surface area contributed by atoms with Crippen molar-refractivity contribution in [1.82, 2.24) is 0 Å². The van der Waals surface area contributed by atoms with Crippen LogP contribution in [0.3, 0.4) is 0 Å². The van der Waals surface area contributed by atoms with Crippen molar-refractivity contribution in [2.45, 2.75) is 103 Å². The Bertz CT molecular complexity index is 1210. The molecule has 238 valence electrons. The number of unbranched alkanes of at least 4 members (excludes halogenated alkanes) is 6. The van der Waals surface area contributed by atoms with Gasteiger partial charge >= 0.3 is 0 Å². The van der Waals surface area contributed by atoms with Crippen molar-refractivity contribution < 1.29 is 18.6 Å².